The van der Waals surface area contributed by atoms with Crippen LogP contribution in [-0.4, -0.2) is 14.3 Å². The number of hydrogen-bond acceptors (Lipinski definition) is 4. The average Bonchev–Trinajstić information content (AvgIpc) is 2.89. The number of halogens is 2. The molecule has 0 bridgehead atoms. The summed E-state index contributed by atoms with van der Waals surface area (Å²) in [6.45, 7) is 1.31. The van der Waals surface area contributed by atoms with Crippen molar-refractivity contribution < 1.29 is 13.2 Å². The maximum atomic E-state index is 13.2. The fourth-order valence-electron chi connectivity index (χ4n) is 3.66. The molecule has 4 aromatic carbocycles. The average molecular weight is 539 g/mol. The van der Waals surface area contributed by atoms with Crippen LogP contribution < -0.4 is 10.6 Å². The zero-order valence-corrected chi connectivity index (χ0v) is 21.6. The normalized spacial score (nSPS) is 11.3. The number of carbonyl (C=O) groups excluding carboxylic acids is 1. The Kier molecular flexibility index (Phi) is 8.44. The summed E-state index contributed by atoms with van der Waals surface area (Å²) < 4.78 is 26.5. The van der Waals surface area contributed by atoms with E-state index in [2.05, 4.69) is 10.6 Å². The molecule has 1 amide bonds. The molecule has 0 heterocycles. The fourth-order valence-corrected chi connectivity index (χ4v) is 5.53. The van der Waals surface area contributed by atoms with Crippen LogP contribution in [0.4, 0.5) is 0 Å². The van der Waals surface area contributed by atoms with Crippen LogP contribution in [0.3, 0.4) is 0 Å². The van der Waals surface area contributed by atoms with Gasteiger partial charge in [-0.1, -0.05) is 71.7 Å². The van der Waals surface area contributed by atoms with E-state index in [-0.39, 0.29) is 15.7 Å². The molecular weight excluding hydrogens is 515 g/mol. The number of hydrogen-bond donors (Lipinski definition) is 2. The zero-order valence-electron chi connectivity index (χ0n) is 19.2. The van der Waals surface area contributed by atoms with Crippen LogP contribution in [0.2, 0.25) is 10.0 Å². The predicted molar refractivity (Wildman–Crippen MR) is 143 cm³/mol. The van der Waals surface area contributed by atoms with Crippen LogP contribution in [0, 0.1) is 0 Å². The third-order valence-electron chi connectivity index (χ3n) is 5.60. The third kappa shape index (κ3) is 6.53. The Morgan fingerprint density at radius 1 is 0.694 bits per heavy atom. The highest BCUT2D eigenvalue weighted by molar-refractivity contribution is 7.91. The summed E-state index contributed by atoms with van der Waals surface area (Å²) in [5, 5.41) is 7.03. The minimum Gasteiger partial charge on any atom is -0.348 e. The molecule has 0 saturated heterocycles. The van der Waals surface area contributed by atoms with Crippen LogP contribution >= 0.6 is 23.2 Å². The molecule has 4 aromatic rings. The molecule has 36 heavy (non-hydrogen) atoms. The topological polar surface area (TPSA) is 75.3 Å². The van der Waals surface area contributed by atoms with Crippen LogP contribution in [0.1, 0.15) is 27.0 Å². The lowest BCUT2D eigenvalue weighted by Gasteiger charge is -2.13. The Balaban J connectivity index is 1.37. The van der Waals surface area contributed by atoms with Gasteiger partial charge < -0.3 is 10.6 Å². The molecule has 8 heteroatoms. The minimum absolute atomic E-state index is 0.117. The summed E-state index contributed by atoms with van der Waals surface area (Å²) >= 11 is 12.0. The maximum Gasteiger partial charge on any atom is 0.251 e. The first-order valence-electron chi connectivity index (χ1n) is 11.2. The van der Waals surface area contributed by atoms with Crippen LogP contribution in [0.5, 0.6) is 0 Å². The summed E-state index contributed by atoms with van der Waals surface area (Å²) in [4.78, 5) is 12.5. The fraction of sp³-hybridized carbons (Fsp3) is 0.107. The molecule has 0 aliphatic carbocycles. The van der Waals surface area contributed by atoms with Gasteiger partial charge in [-0.25, -0.2) is 8.42 Å². The molecular formula is C28H24Cl2N2O3S. The number of nitrogens with one attached hydrogen (secondary N) is 2. The molecule has 0 aliphatic heterocycles. The van der Waals surface area contributed by atoms with E-state index in [4.69, 9.17) is 23.2 Å². The highest BCUT2D eigenvalue weighted by Gasteiger charge is 2.21. The van der Waals surface area contributed by atoms with Crippen molar-refractivity contribution in [1.29, 1.82) is 0 Å². The summed E-state index contributed by atoms with van der Waals surface area (Å²) in [7, 11) is -3.76. The van der Waals surface area contributed by atoms with Gasteiger partial charge in [-0.3, -0.25) is 4.79 Å². The first-order chi connectivity index (χ1) is 17.3. The van der Waals surface area contributed by atoms with Crippen molar-refractivity contribution in [2.75, 3.05) is 0 Å². The standard InChI is InChI=1S/C28H24Cl2N2O3S/c29-24-12-14-26(15-13-24)36(34,35)27-16-25(30)11-10-23(27)19-31-17-20-6-8-21(9-7-20)18-32-28(33)22-4-2-1-3-5-22/h1-16,31H,17-19H2,(H,32,33). The van der Waals surface area contributed by atoms with Crippen molar-refractivity contribution in [1.82, 2.24) is 10.6 Å². The van der Waals surface area contributed by atoms with Gasteiger partial charge in [0.25, 0.3) is 5.91 Å². The van der Waals surface area contributed by atoms with Gasteiger partial charge in [0.05, 0.1) is 9.79 Å². The molecule has 5 nitrogen and oxygen atoms in total. The van der Waals surface area contributed by atoms with Gasteiger partial charge in [0.2, 0.25) is 9.84 Å². The minimum atomic E-state index is -3.76. The summed E-state index contributed by atoms with van der Waals surface area (Å²) in [5.41, 5.74) is 3.26. The molecule has 2 N–H and O–H groups in total. The van der Waals surface area contributed by atoms with Crippen LogP contribution in [0.25, 0.3) is 0 Å². The van der Waals surface area contributed by atoms with E-state index in [1.165, 1.54) is 18.2 Å². The largest absolute Gasteiger partial charge is 0.348 e. The summed E-state index contributed by atoms with van der Waals surface area (Å²) in [6, 6.07) is 27.9. The molecule has 0 unspecified atom stereocenters. The van der Waals surface area contributed by atoms with Crippen molar-refractivity contribution >= 4 is 38.9 Å². The van der Waals surface area contributed by atoms with Gasteiger partial charge in [0.15, 0.2) is 0 Å². The molecule has 4 rings (SSSR count). The Morgan fingerprint density at radius 3 is 1.97 bits per heavy atom. The first-order valence-corrected chi connectivity index (χ1v) is 13.5. The highest BCUT2D eigenvalue weighted by atomic mass is 35.5. The number of carbonyl (C=O) groups is 1. The number of amides is 1. The molecule has 0 radical (unpaired) electrons. The van der Waals surface area contributed by atoms with Gasteiger partial charge >= 0.3 is 0 Å². The maximum absolute atomic E-state index is 13.2. The van der Waals surface area contributed by atoms with E-state index in [1.54, 1.807) is 36.4 Å². The SMILES string of the molecule is O=C(NCc1ccc(CNCc2ccc(Cl)cc2S(=O)(=O)c2ccc(Cl)cc2)cc1)c1ccccc1. The van der Waals surface area contributed by atoms with E-state index in [9.17, 15) is 13.2 Å². The molecule has 184 valence electrons. The lowest BCUT2D eigenvalue weighted by molar-refractivity contribution is 0.0951. The quantitative estimate of drug-likeness (QED) is 0.272. The second-order valence-electron chi connectivity index (χ2n) is 8.18. The van der Waals surface area contributed by atoms with Crippen molar-refractivity contribution in [3.8, 4) is 0 Å². The van der Waals surface area contributed by atoms with Gasteiger partial charge in [-0.15, -0.1) is 0 Å². The smallest absolute Gasteiger partial charge is 0.251 e. The lowest BCUT2D eigenvalue weighted by Crippen LogP contribution is -2.22. The van der Waals surface area contributed by atoms with E-state index in [1.807, 2.05) is 42.5 Å². The Morgan fingerprint density at radius 2 is 1.31 bits per heavy atom. The van der Waals surface area contributed by atoms with E-state index >= 15 is 0 Å². The monoisotopic (exact) mass is 538 g/mol. The Hall–Kier alpha value is -3.16. The molecule has 0 fully saturated rings. The second-order valence-corrected chi connectivity index (χ2v) is 11.0. The molecule has 0 spiro atoms. The molecule has 0 atom stereocenters. The first kappa shape index (κ1) is 25.9. The van der Waals surface area contributed by atoms with Crippen molar-refractivity contribution in [2.45, 2.75) is 29.4 Å². The van der Waals surface area contributed by atoms with Gasteiger partial charge in [-0.05, 0) is 65.2 Å². The van der Waals surface area contributed by atoms with E-state index in [0.717, 1.165) is 11.1 Å². The van der Waals surface area contributed by atoms with Crippen LogP contribution in [-0.2, 0) is 29.5 Å². The second kappa shape index (κ2) is 11.7. The molecule has 0 aliphatic rings. The van der Waals surface area contributed by atoms with Crippen molar-refractivity contribution in [2.24, 2.45) is 0 Å². The predicted octanol–water partition coefficient (Wildman–Crippen LogP) is 6.05. The van der Waals surface area contributed by atoms with E-state index in [0.29, 0.717) is 40.8 Å². The third-order valence-corrected chi connectivity index (χ3v) is 7.94. The van der Waals surface area contributed by atoms with Gasteiger partial charge in [0, 0.05) is 35.2 Å². The van der Waals surface area contributed by atoms with Crippen molar-refractivity contribution in [3.05, 3.63) is 129 Å². The molecule has 0 aromatic heterocycles. The Labute approximate surface area is 221 Å². The lowest BCUT2D eigenvalue weighted by atomic mass is 10.1. The van der Waals surface area contributed by atoms with Gasteiger partial charge in [0.1, 0.15) is 0 Å². The highest BCUT2D eigenvalue weighted by Crippen LogP contribution is 2.28. The van der Waals surface area contributed by atoms with E-state index < -0.39 is 9.84 Å². The Bertz CT molecular complexity index is 1440. The van der Waals surface area contributed by atoms with Gasteiger partial charge in [-0.2, -0.15) is 0 Å². The van der Waals surface area contributed by atoms with Crippen LogP contribution in [0.15, 0.2) is 107 Å². The van der Waals surface area contributed by atoms with Crippen molar-refractivity contribution in [3.63, 3.8) is 0 Å². The number of sulfone groups is 1. The number of rotatable bonds is 9. The summed E-state index contributed by atoms with van der Waals surface area (Å²) in [6.07, 6.45) is 0. The zero-order chi connectivity index (χ0) is 25.5. The molecule has 0 saturated carbocycles. The summed E-state index contributed by atoms with van der Waals surface area (Å²) in [5.74, 6) is -0.117. The number of benzene rings is 4.